The summed E-state index contributed by atoms with van der Waals surface area (Å²) in [7, 11) is 0. The molecule has 0 saturated carbocycles. The molecule has 0 bridgehead atoms. The average molecular weight is 504 g/mol. The van der Waals surface area contributed by atoms with Gasteiger partial charge in [0, 0.05) is 31.0 Å². The van der Waals surface area contributed by atoms with Crippen LogP contribution < -0.4 is 5.32 Å². The molecule has 31 heavy (non-hydrogen) atoms. The second-order valence-electron chi connectivity index (χ2n) is 7.63. The van der Waals surface area contributed by atoms with Gasteiger partial charge in [-0.3, -0.25) is 9.80 Å². The first kappa shape index (κ1) is 21.8. The Morgan fingerprint density at radius 2 is 2.23 bits per heavy atom. The first-order valence-electron chi connectivity index (χ1n) is 10.2. The third-order valence-corrected chi connectivity index (χ3v) is 6.07. The molecule has 0 saturated heterocycles. The highest BCUT2D eigenvalue weighted by Crippen LogP contribution is 2.30. The van der Waals surface area contributed by atoms with Crippen LogP contribution in [0.25, 0.3) is 5.82 Å². The molecule has 162 valence electrons. The minimum absolute atomic E-state index is 0.293. The molecule has 1 unspecified atom stereocenters. The highest BCUT2D eigenvalue weighted by Gasteiger charge is 2.29. The van der Waals surface area contributed by atoms with Crippen molar-refractivity contribution in [2.75, 3.05) is 6.54 Å². The molecule has 2 aromatic heterocycles. The molecule has 7 nitrogen and oxygen atoms in total. The van der Waals surface area contributed by atoms with E-state index in [0.29, 0.717) is 27.2 Å². The van der Waals surface area contributed by atoms with Gasteiger partial charge in [-0.25, -0.2) is 14.7 Å². The van der Waals surface area contributed by atoms with E-state index in [4.69, 9.17) is 11.6 Å². The van der Waals surface area contributed by atoms with Gasteiger partial charge in [0.05, 0.1) is 16.4 Å². The van der Waals surface area contributed by atoms with Crippen LogP contribution in [-0.2, 0) is 0 Å². The van der Waals surface area contributed by atoms with Crippen LogP contribution in [0.2, 0.25) is 5.02 Å². The van der Waals surface area contributed by atoms with Crippen LogP contribution >= 0.6 is 27.5 Å². The molecular weight excluding hydrogens is 480 g/mol. The lowest BCUT2D eigenvalue weighted by molar-refractivity contribution is 0.0434. The van der Waals surface area contributed by atoms with E-state index >= 15 is 0 Å². The lowest BCUT2D eigenvalue weighted by atomic mass is 10.1. The number of fused-ring (bicyclic) bond motifs is 1. The maximum absolute atomic E-state index is 13.2. The summed E-state index contributed by atoms with van der Waals surface area (Å²) in [4.78, 5) is 17.5. The van der Waals surface area contributed by atoms with E-state index in [1.165, 1.54) is 4.68 Å². The topological polar surface area (TPSA) is 66.3 Å². The molecule has 1 atom stereocenters. The van der Waals surface area contributed by atoms with Gasteiger partial charge in [-0.05, 0) is 66.1 Å². The first-order valence-corrected chi connectivity index (χ1v) is 11.4. The van der Waals surface area contributed by atoms with Crippen LogP contribution in [0.5, 0.6) is 0 Å². The second kappa shape index (κ2) is 8.98. The maximum atomic E-state index is 13.2. The Morgan fingerprint density at radius 3 is 2.97 bits per heavy atom. The van der Waals surface area contributed by atoms with Gasteiger partial charge in [0.15, 0.2) is 5.82 Å². The van der Waals surface area contributed by atoms with Gasteiger partial charge in [0.1, 0.15) is 10.3 Å². The number of aromatic nitrogens is 3. The van der Waals surface area contributed by atoms with Crippen LogP contribution in [0.1, 0.15) is 44.1 Å². The number of nitrogens with zero attached hydrogens (tertiary/aromatic N) is 5. The van der Waals surface area contributed by atoms with Crippen molar-refractivity contribution in [3.63, 3.8) is 0 Å². The fourth-order valence-corrected chi connectivity index (χ4v) is 4.38. The van der Waals surface area contributed by atoms with Crippen molar-refractivity contribution in [1.29, 1.82) is 0 Å². The van der Waals surface area contributed by atoms with Crippen molar-refractivity contribution in [1.82, 2.24) is 30.1 Å². The summed E-state index contributed by atoms with van der Waals surface area (Å²) in [5.41, 5.74) is 3.20. The molecule has 9 heteroatoms. The van der Waals surface area contributed by atoms with Gasteiger partial charge in [-0.2, -0.15) is 5.10 Å². The molecule has 1 amide bonds. The smallest absolute Gasteiger partial charge is 0.274 e. The molecular formula is C22H24BrClN6O. The van der Waals surface area contributed by atoms with Gasteiger partial charge in [-0.1, -0.05) is 24.9 Å². The summed E-state index contributed by atoms with van der Waals surface area (Å²) in [6, 6.07) is 5.50. The normalized spacial score (nSPS) is 17.1. The van der Waals surface area contributed by atoms with Gasteiger partial charge in [0.25, 0.3) is 5.91 Å². The van der Waals surface area contributed by atoms with Crippen molar-refractivity contribution < 1.29 is 4.79 Å². The summed E-state index contributed by atoms with van der Waals surface area (Å²) in [6.07, 6.45) is 10.1. The molecule has 0 aliphatic carbocycles. The standard InChI is InChI=1S/C22H24BrClN6O/c1-4-6-15(3)28-10-8-16-11-14(2)18(13-29(16)28)26-22(31)19-12-20(23)27-30(19)21-17(24)7-5-9-25-21/h5,7-9,11-13,15H,4,6,10H2,1-3H3,(H,26,31). The number of carbonyl (C=O) groups excluding carboxylic acids is 1. The summed E-state index contributed by atoms with van der Waals surface area (Å²) in [6.45, 7) is 7.27. The van der Waals surface area contributed by atoms with Crippen LogP contribution in [0.3, 0.4) is 0 Å². The fourth-order valence-electron chi connectivity index (χ4n) is 3.80. The number of rotatable bonds is 6. The lowest BCUT2D eigenvalue weighted by Crippen LogP contribution is -2.42. The van der Waals surface area contributed by atoms with Gasteiger partial charge >= 0.3 is 0 Å². The van der Waals surface area contributed by atoms with E-state index in [0.717, 1.165) is 36.4 Å². The second-order valence-corrected chi connectivity index (χ2v) is 8.85. The number of allylic oxidation sites excluding steroid dienone is 2. The summed E-state index contributed by atoms with van der Waals surface area (Å²) >= 11 is 9.64. The maximum Gasteiger partial charge on any atom is 0.274 e. The molecule has 0 fully saturated rings. The van der Waals surface area contributed by atoms with E-state index in [2.05, 4.69) is 67.3 Å². The number of carbonyl (C=O) groups is 1. The number of halogens is 2. The molecule has 4 rings (SSSR count). The highest BCUT2D eigenvalue weighted by molar-refractivity contribution is 9.10. The number of hydrazine groups is 1. The Morgan fingerprint density at radius 1 is 1.42 bits per heavy atom. The average Bonchev–Trinajstić information content (AvgIpc) is 3.32. The number of hydrogen-bond acceptors (Lipinski definition) is 5. The summed E-state index contributed by atoms with van der Waals surface area (Å²) in [5.74, 6) is 0.105. The van der Waals surface area contributed by atoms with Gasteiger partial charge < -0.3 is 5.32 Å². The molecule has 2 aliphatic rings. The van der Waals surface area contributed by atoms with E-state index in [-0.39, 0.29) is 5.91 Å². The Bertz CT molecular complexity index is 1110. The predicted octanol–water partition coefficient (Wildman–Crippen LogP) is 4.82. The molecule has 2 aliphatic heterocycles. The molecule has 0 radical (unpaired) electrons. The minimum atomic E-state index is -0.293. The lowest BCUT2D eigenvalue weighted by Gasteiger charge is -2.36. The van der Waals surface area contributed by atoms with Crippen LogP contribution in [0.4, 0.5) is 0 Å². The zero-order valence-electron chi connectivity index (χ0n) is 17.6. The van der Waals surface area contributed by atoms with Crippen molar-refractivity contribution >= 4 is 33.4 Å². The third-order valence-electron chi connectivity index (χ3n) is 5.38. The van der Waals surface area contributed by atoms with Crippen molar-refractivity contribution in [3.8, 4) is 5.82 Å². The number of nitrogens with one attached hydrogen (secondary N) is 1. The molecule has 2 aromatic rings. The predicted molar refractivity (Wildman–Crippen MR) is 124 cm³/mol. The van der Waals surface area contributed by atoms with Crippen molar-refractivity contribution in [2.45, 2.75) is 39.7 Å². The monoisotopic (exact) mass is 502 g/mol. The number of pyridine rings is 1. The van der Waals surface area contributed by atoms with Crippen LogP contribution in [0.15, 0.2) is 64.3 Å². The third kappa shape index (κ3) is 4.33. The SMILES string of the molecule is CCCC(C)N1CC=C2C=C(C)C(NC(=O)c3cc(Br)nn3-c3ncccc3Cl)=CN21. The van der Waals surface area contributed by atoms with E-state index in [1.54, 1.807) is 24.4 Å². The quantitative estimate of drug-likeness (QED) is 0.612. The van der Waals surface area contributed by atoms with Crippen LogP contribution in [-0.4, -0.2) is 43.3 Å². The number of hydrogen-bond donors (Lipinski definition) is 1. The minimum Gasteiger partial charge on any atom is -0.319 e. The Kier molecular flexibility index (Phi) is 6.31. The zero-order chi connectivity index (χ0) is 22.1. The van der Waals surface area contributed by atoms with Crippen molar-refractivity contribution in [3.05, 3.63) is 75.0 Å². The van der Waals surface area contributed by atoms with E-state index in [9.17, 15) is 4.79 Å². The molecule has 0 spiro atoms. The van der Waals surface area contributed by atoms with Crippen LogP contribution in [0, 0.1) is 0 Å². The summed E-state index contributed by atoms with van der Waals surface area (Å²) < 4.78 is 1.97. The number of amides is 1. The first-order chi connectivity index (χ1) is 14.9. The fraction of sp³-hybridized carbons (Fsp3) is 0.318. The molecule has 1 N–H and O–H groups in total. The Balaban J connectivity index is 1.61. The Labute approximate surface area is 195 Å². The van der Waals surface area contributed by atoms with Gasteiger partial charge in [0.2, 0.25) is 0 Å². The van der Waals surface area contributed by atoms with Gasteiger partial charge in [-0.15, -0.1) is 0 Å². The zero-order valence-corrected chi connectivity index (χ0v) is 20.0. The molecule has 0 aromatic carbocycles. The highest BCUT2D eigenvalue weighted by atomic mass is 79.9. The van der Waals surface area contributed by atoms with Crippen molar-refractivity contribution in [2.24, 2.45) is 0 Å². The van der Waals surface area contributed by atoms with E-state index in [1.807, 2.05) is 13.1 Å². The largest absolute Gasteiger partial charge is 0.319 e. The summed E-state index contributed by atoms with van der Waals surface area (Å²) in [5, 5.41) is 12.2. The Hall–Kier alpha value is -2.42. The molecule has 4 heterocycles. The van der Waals surface area contributed by atoms with E-state index < -0.39 is 0 Å².